The van der Waals surface area contributed by atoms with Gasteiger partial charge in [-0.2, -0.15) is 20.1 Å². The molecule has 0 radical (unpaired) electrons. The maximum atomic E-state index is 10.4. The minimum atomic E-state index is 0.155. The lowest BCUT2D eigenvalue weighted by Crippen LogP contribution is -2.34. The van der Waals surface area contributed by atoms with E-state index in [1.54, 1.807) is 12.3 Å². The van der Waals surface area contributed by atoms with Gasteiger partial charge >= 0.3 is 0 Å². The highest BCUT2D eigenvalue weighted by atomic mass is 35.5. The molecule has 2 N–H and O–H groups in total. The molecule has 2 saturated heterocycles. The van der Waals surface area contributed by atoms with Crippen LogP contribution < -0.4 is 15.2 Å². The number of benzene rings is 2. The van der Waals surface area contributed by atoms with E-state index in [0.29, 0.717) is 29.8 Å². The van der Waals surface area contributed by atoms with Crippen LogP contribution in [0.1, 0.15) is 55.2 Å². The Kier molecular flexibility index (Phi) is 7.81. The number of hydrogen-bond acceptors (Lipinski definition) is 8. The summed E-state index contributed by atoms with van der Waals surface area (Å²) in [5.41, 5.74) is 5.65. The van der Waals surface area contributed by atoms with E-state index in [4.69, 9.17) is 16.6 Å². The zero-order chi connectivity index (χ0) is 24.7. The number of anilines is 3. The van der Waals surface area contributed by atoms with Crippen molar-refractivity contribution < 1.29 is 5.11 Å². The van der Waals surface area contributed by atoms with Crippen molar-refractivity contribution in [1.82, 2.24) is 15.0 Å². The van der Waals surface area contributed by atoms with Gasteiger partial charge in [0.2, 0.25) is 17.8 Å². The Morgan fingerprint density at radius 2 is 1.50 bits per heavy atom. The van der Waals surface area contributed by atoms with Gasteiger partial charge < -0.3 is 14.9 Å². The average Bonchev–Trinajstić information content (AvgIpc) is 2.92. The van der Waals surface area contributed by atoms with E-state index in [9.17, 15) is 5.11 Å². The smallest absolute Gasteiger partial charge is 0.250 e. The van der Waals surface area contributed by atoms with Crippen LogP contribution in [0.5, 0.6) is 5.75 Å². The quantitative estimate of drug-likeness (QED) is 0.335. The molecule has 9 heteroatoms. The van der Waals surface area contributed by atoms with Gasteiger partial charge in [-0.15, -0.1) is 0 Å². The highest BCUT2D eigenvalue weighted by Gasteiger charge is 2.20. The third-order valence-corrected chi connectivity index (χ3v) is 7.07. The molecule has 0 aliphatic carbocycles. The summed E-state index contributed by atoms with van der Waals surface area (Å²) in [5, 5.41) is 15.5. The summed E-state index contributed by atoms with van der Waals surface area (Å²) in [6.45, 7) is 3.83. The molecule has 0 amide bonds. The van der Waals surface area contributed by atoms with Crippen molar-refractivity contribution in [3.63, 3.8) is 0 Å². The molecule has 0 spiro atoms. The van der Waals surface area contributed by atoms with E-state index < -0.39 is 0 Å². The third-order valence-electron chi connectivity index (χ3n) is 6.70. The topological polar surface area (TPSA) is 89.8 Å². The number of piperidine rings is 2. The molecule has 2 aliphatic heterocycles. The number of phenolic OH excluding ortho intramolecular Hbond substituents is 1. The van der Waals surface area contributed by atoms with E-state index in [1.165, 1.54) is 12.8 Å². The Labute approximate surface area is 217 Å². The zero-order valence-corrected chi connectivity index (χ0v) is 21.2. The lowest BCUT2D eigenvalue weighted by molar-refractivity contribution is 0.474. The molecule has 36 heavy (non-hydrogen) atoms. The van der Waals surface area contributed by atoms with E-state index in [2.05, 4.69) is 30.3 Å². The minimum absolute atomic E-state index is 0.155. The zero-order valence-electron chi connectivity index (χ0n) is 20.4. The average molecular weight is 506 g/mol. The molecular weight excluding hydrogens is 474 g/mol. The van der Waals surface area contributed by atoms with Gasteiger partial charge in [0.15, 0.2) is 0 Å². The van der Waals surface area contributed by atoms with Crippen LogP contribution in [0.3, 0.4) is 0 Å². The highest BCUT2D eigenvalue weighted by molar-refractivity contribution is 6.31. The molecule has 1 aromatic heterocycles. The lowest BCUT2D eigenvalue weighted by atomic mass is 10.0. The maximum absolute atomic E-state index is 10.4. The number of aromatic hydroxyl groups is 1. The summed E-state index contributed by atoms with van der Waals surface area (Å²) < 4.78 is 0. The first-order valence-electron chi connectivity index (χ1n) is 12.8. The highest BCUT2D eigenvalue weighted by Crippen LogP contribution is 2.24. The van der Waals surface area contributed by atoms with Gasteiger partial charge in [0, 0.05) is 36.8 Å². The molecule has 0 saturated carbocycles. The van der Waals surface area contributed by atoms with Crippen molar-refractivity contribution in [2.75, 3.05) is 41.4 Å². The summed E-state index contributed by atoms with van der Waals surface area (Å²) in [6.07, 6.45) is 9.34. The Hall–Kier alpha value is -3.39. The van der Waals surface area contributed by atoms with Crippen molar-refractivity contribution in [3.05, 3.63) is 64.2 Å². The van der Waals surface area contributed by atoms with Crippen LogP contribution in [0, 0.1) is 0 Å². The number of nitrogens with zero attached hydrogens (tertiary/aromatic N) is 6. The molecule has 2 fully saturated rings. The molecule has 3 aromatic rings. The second-order valence-electron chi connectivity index (χ2n) is 9.39. The largest absolute Gasteiger partial charge is 0.507 e. The van der Waals surface area contributed by atoms with E-state index >= 15 is 0 Å². The van der Waals surface area contributed by atoms with Crippen molar-refractivity contribution in [1.29, 1.82) is 0 Å². The number of nitrogens with one attached hydrogen (secondary N) is 1. The molecule has 8 nitrogen and oxygen atoms in total. The van der Waals surface area contributed by atoms with Crippen LogP contribution in [0.25, 0.3) is 0 Å². The molecule has 0 bridgehead atoms. The second-order valence-corrected chi connectivity index (χ2v) is 9.79. The Balaban J connectivity index is 1.35. The third kappa shape index (κ3) is 6.05. The molecule has 3 heterocycles. The standard InChI is InChI=1S/C27H32ClN7O/c28-23-10-4-3-9-21(23)17-20-11-12-24(36)22(18-20)19-29-33-25-30-26(34-13-5-1-6-14-34)32-27(31-25)35-15-7-2-8-16-35/h3-4,9-12,18-19,36H,1-2,5-8,13-17H2,(H,30,31,32,33)/b29-19-. The van der Waals surface area contributed by atoms with Gasteiger partial charge in [-0.05, 0) is 74.3 Å². The van der Waals surface area contributed by atoms with Gasteiger partial charge in [-0.3, -0.25) is 0 Å². The van der Waals surface area contributed by atoms with Gasteiger partial charge in [0.1, 0.15) is 5.75 Å². The normalized spacial score (nSPS) is 16.5. The first-order valence-corrected chi connectivity index (χ1v) is 13.1. The predicted octanol–water partition coefficient (Wildman–Crippen LogP) is 5.25. The summed E-state index contributed by atoms with van der Waals surface area (Å²) >= 11 is 6.32. The number of phenols is 1. The van der Waals surface area contributed by atoms with Crippen molar-refractivity contribution >= 4 is 35.7 Å². The SMILES string of the molecule is Oc1ccc(Cc2ccccc2Cl)cc1/C=N\Nc1nc(N2CCCCC2)nc(N2CCCCC2)n1. The Morgan fingerprint density at radius 1 is 0.861 bits per heavy atom. The molecule has 2 aromatic carbocycles. The molecule has 188 valence electrons. The monoisotopic (exact) mass is 505 g/mol. The van der Waals surface area contributed by atoms with Gasteiger partial charge in [-0.1, -0.05) is 35.9 Å². The molecule has 0 unspecified atom stereocenters. The fraction of sp³-hybridized carbons (Fsp3) is 0.407. The van der Waals surface area contributed by atoms with Crippen LogP contribution in [-0.4, -0.2) is 52.5 Å². The van der Waals surface area contributed by atoms with Crippen LogP contribution in [0.4, 0.5) is 17.8 Å². The van der Waals surface area contributed by atoms with Crippen LogP contribution in [0.15, 0.2) is 47.6 Å². The summed E-state index contributed by atoms with van der Waals surface area (Å²) in [7, 11) is 0. The molecule has 5 rings (SSSR count). The Bertz CT molecular complexity index is 1170. The number of hydrazone groups is 1. The van der Waals surface area contributed by atoms with Crippen molar-refractivity contribution in [2.45, 2.75) is 44.9 Å². The number of rotatable bonds is 7. The first-order chi connectivity index (χ1) is 17.7. The van der Waals surface area contributed by atoms with Gasteiger partial charge in [0.05, 0.1) is 6.21 Å². The van der Waals surface area contributed by atoms with Crippen molar-refractivity contribution in [2.24, 2.45) is 5.10 Å². The second kappa shape index (κ2) is 11.6. The molecule has 0 atom stereocenters. The predicted molar refractivity (Wildman–Crippen MR) is 146 cm³/mol. The number of aromatic nitrogens is 3. The molecule has 2 aliphatic rings. The fourth-order valence-electron chi connectivity index (χ4n) is 4.71. The molecular formula is C27H32ClN7O. The van der Waals surface area contributed by atoms with E-state index in [-0.39, 0.29) is 5.75 Å². The first kappa shape index (κ1) is 24.3. The van der Waals surface area contributed by atoms with Crippen LogP contribution >= 0.6 is 11.6 Å². The Morgan fingerprint density at radius 3 is 2.14 bits per heavy atom. The van der Waals surface area contributed by atoms with Gasteiger partial charge in [0.25, 0.3) is 0 Å². The van der Waals surface area contributed by atoms with Crippen molar-refractivity contribution in [3.8, 4) is 5.75 Å². The maximum Gasteiger partial charge on any atom is 0.250 e. The number of halogens is 1. The van der Waals surface area contributed by atoms with Crippen LogP contribution in [-0.2, 0) is 6.42 Å². The summed E-state index contributed by atoms with van der Waals surface area (Å²) in [4.78, 5) is 18.6. The fourth-order valence-corrected chi connectivity index (χ4v) is 4.92. The van der Waals surface area contributed by atoms with E-state index in [1.807, 2.05) is 36.4 Å². The number of hydrogen-bond donors (Lipinski definition) is 2. The summed E-state index contributed by atoms with van der Waals surface area (Å²) in [6, 6.07) is 13.3. The van der Waals surface area contributed by atoms with Crippen LogP contribution in [0.2, 0.25) is 5.02 Å². The summed E-state index contributed by atoms with van der Waals surface area (Å²) in [5.74, 6) is 1.97. The lowest BCUT2D eigenvalue weighted by Gasteiger charge is -2.30. The van der Waals surface area contributed by atoms with E-state index in [0.717, 1.165) is 68.0 Å². The van der Waals surface area contributed by atoms with Gasteiger partial charge in [-0.25, -0.2) is 5.43 Å². The minimum Gasteiger partial charge on any atom is -0.507 e.